The van der Waals surface area contributed by atoms with Crippen LogP contribution in [0.1, 0.15) is 33.2 Å². The van der Waals surface area contributed by atoms with E-state index in [-0.39, 0.29) is 12.1 Å². The zero-order valence-corrected chi connectivity index (χ0v) is 15.0. The van der Waals surface area contributed by atoms with Crippen LogP contribution in [0.15, 0.2) is 67.3 Å². The average molecular weight is 350 g/mol. The van der Waals surface area contributed by atoms with E-state index in [2.05, 4.69) is 24.0 Å². The Kier molecular flexibility index (Phi) is 5.81. The molecule has 1 unspecified atom stereocenters. The number of aryl methyl sites for hydroxylation is 1. The number of hydrogen-bond acceptors (Lipinski definition) is 4. The van der Waals surface area contributed by atoms with Gasteiger partial charge in [-0.2, -0.15) is 0 Å². The molecule has 0 N–H and O–H groups in total. The highest BCUT2D eigenvalue weighted by Gasteiger charge is 2.15. The van der Waals surface area contributed by atoms with Crippen molar-refractivity contribution in [3.05, 3.63) is 89.5 Å². The number of imidazole rings is 1. The van der Waals surface area contributed by atoms with Gasteiger partial charge in [-0.1, -0.05) is 36.4 Å². The van der Waals surface area contributed by atoms with Crippen LogP contribution in [0.5, 0.6) is 0 Å². The van der Waals surface area contributed by atoms with Gasteiger partial charge in [0.15, 0.2) is 0 Å². The Morgan fingerprint density at radius 2 is 1.92 bits per heavy atom. The maximum atomic E-state index is 11.5. The standard InChI is InChI=1S/C21H22N2O3/c1-16-5-3-4-6-19(16)20(13-23-12-11-22-15-23)26-14-17-7-9-18(10-8-17)21(24)25-2/h3-12,15,20H,13-14H2,1-2H3. The van der Waals surface area contributed by atoms with Crippen LogP contribution in [-0.4, -0.2) is 22.6 Å². The van der Waals surface area contributed by atoms with E-state index >= 15 is 0 Å². The number of carbonyl (C=O) groups is 1. The van der Waals surface area contributed by atoms with Gasteiger partial charge in [0.25, 0.3) is 0 Å². The Labute approximate surface area is 153 Å². The second kappa shape index (κ2) is 8.45. The quantitative estimate of drug-likeness (QED) is 0.606. The third-order valence-electron chi connectivity index (χ3n) is 4.30. The maximum Gasteiger partial charge on any atom is 0.337 e. The molecule has 1 aromatic heterocycles. The number of aromatic nitrogens is 2. The van der Waals surface area contributed by atoms with E-state index in [0.29, 0.717) is 18.7 Å². The molecule has 0 bridgehead atoms. The van der Waals surface area contributed by atoms with Crippen LogP contribution in [0, 0.1) is 6.92 Å². The molecule has 0 spiro atoms. The van der Waals surface area contributed by atoms with Crippen LogP contribution in [-0.2, 0) is 22.6 Å². The van der Waals surface area contributed by atoms with E-state index in [1.165, 1.54) is 12.7 Å². The highest BCUT2D eigenvalue weighted by atomic mass is 16.5. The monoisotopic (exact) mass is 350 g/mol. The Bertz CT molecular complexity index is 842. The summed E-state index contributed by atoms with van der Waals surface area (Å²) in [4.78, 5) is 15.6. The number of benzene rings is 2. The van der Waals surface area contributed by atoms with Crippen molar-refractivity contribution in [2.24, 2.45) is 0 Å². The predicted octanol–water partition coefficient (Wildman–Crippen LogP) is 3.94. The minimum absolute atomic E-state index is 0.0920. The van der Waals surface area contributed by atoms with Crippen molar-refractivity contribution >= 4 is 5.97 Å². The molecule has 134 valence electrons. The van der Waals surface area contributed by atoms with Crippen LogP contribution in [0.4, 0.5) is 0 Å². The van der Waals surface area contributed by atoms with Gasteiger partial charge in [-0.3, -0.25) is 0 Å². The molecule has 0 aliphatic carbocycles. The number of ether oxygens (including phenoxy) is 2. The Balaban J connectivity index is 1.73. The third-order valence-corrected chi connectivity index (χ3v) is 4.30. The molecule has 26 heavy (non-hydrogen) atoms. The van der Waals surface area contributed by atoms with Crippen molar-refractivity contribution in [2.45, 2.75) is 26.2 Å². The molecule has 0 amide bonds. The molecular formula is C21H22N2O3. The number of methoxy groups -OCH3 is 1. The molecule has 0 radical (unpaired) electrons. The molecular weight excluding hydrogens is 328 g/mol. The van der Waals surface area contributed by atoms with Crippen molar-refractivity contribution < 1.29 is 14.3 Å². The van der Waals surface area contributed by atoms with Gasteiger partial charge in [0.2, 0.25) is 0 Å². The second-order valence-electron chi connectivity index (χ2n) is 6.10. The second-order valence-corrected chi connectivity index (χ2v) is 6.10. The van der Waals surface area contributed by atoms with Crippen molar-refractivity contribution in [1.82, 2.24) is 9.55 Å². The fourth-order valence-electron chi connectivity index (χ4n) is 2.83. The lowest BCUT2D eigenvalue weighted by Crippen LogP contribution is -2.13. The molecule has 0 saturated heterocycles. The fourth-order valence-corrected chi connectivity index (χ4v) is 2.83. The molecule has 2 aromatic carbocycles. The first kappa shape index (κ1) is 17.9. The molecule has 0 fully saturated rings. The van der Waals surface area contributed by atoms with E-state index in [9.17, 15) is 4.79 Å². The third kappa shape index (κ3) is 4.37. The summed E-state index contributed by atoms with van der Waals surface area (Å²) in [6.45, 7) is 3.23. The van der Waals surface area contributed by atoms with E-state index in [4.69, 9.17) is 9.47 Å². The Morgan fingerprint density at radius 1 is 1.15 bits per heavy atom. The maximum absolute atomic E-state index is 11.5. The molecule has 0 saturated carbocycles. The average Bonchev–Trinajstić information content (AvgIpc) is 3.18. The molecule has 1 atom stereocenters. The number of hydrogen-bond donors (Lipinski definition) is 0. The molecule has 0 aliphatic heterocycles. The number of esters is 1. The van der Waals surface area contributed by atoms with E-state index in [1.54, 1.807) is 24.7 Å². The van der Waals surface area contributed by atoms with Crippen molar-refractivity contribution in [3.8, 4) is 0 Å². The first-order valence-electron chi connectivity index (χ1n) is 8.47. The number of carbonyl (C=O) groups excluding carboxylic acids is 1. The molecule has 1 heterocycles. The minimum Gasteiger partial charge on any atom is -0.465 e. The minimum atomic E-state index is -0.338. The van der Waals surface area contributed by atoms with Crippen molar-refractivity contribution in [2.75, 3.05) is 7.11 Å². The van der Waals surface area contributed by atoms with Crippen LogP contribution >= 0.6 is 0 Å². The summed E-state index contributed by atoms with van der Waals surface area (Å²) >= 11 is 0. The van der Waals surface area contributed by atoms with Gasteiger partial charge in [0.1, 0.15) is 6.10 Å². The SMILES string of the molecule is COC(=O)c1ccc(COC(Cn2ccnc2)c2ccccc2C)cc1. The zero-order chi connectivity index (χ0) is 18.4. The van der Waals surface area contributed by atoms with Gasteiger partial charge in [-0.05, 0) is 35.7 Å². The Hall–Kier alpha value is -2.92. The lowest BCUT2D eigenvalue weighted by Gasteiger charge is -2.21. The van der Waals surface area contributed by atoms with Crippen LogP contribution in [0.3, 0.4) is 0 Å². The molecule has 5 nitrogen and oxygen atoms in total. The lowest BCUT2D eigenvalue weighted by molar-refractivity contribution is 0.0275. The van der Waals surface area contributed by atoms with Gasteiger partial charge in [-0.25, -0.2) is 9.78 Å². The fraction of sp³-hybridized carbons (Fsp3) is 0.238. The first-order valence-corrected chi connectivity index (χ1v) is 8.47. The number of nitrogens with zero attached hydrogens (tertiary/aromatic N) is 2. The normalized spacial score (nSPS) is 11.9. The highest BCUT2D eigenvalue weighted by Crippen LogP contribution is 2.24. The summed E-state index contributed by atoms with van der Waals surface area (Å²) in [5.74, 6) is -0.338. The summed E-state index contributed by atoms with van der Waals surface area (Å²) in [5.41, 5.74) is 3.89. The molecule has 5 heteroatoms. The van der Waals surface area contributed by atoms with Gasteiger partial charge in [-0.15, -0.1) is 0 Å². The summed E-state index contributed by atoms with van der Waals surface area (Å²) in [5, 5.41) is 0. The van der Waals surface area contributed by atoms with Crippen LogP contribution in [0.2, 0.25) is 0 Å². The lowest BCUT2D eigenvalue weighted by atomic mass is 10.0. The molecule has 3 aromatic rings. The first-order chi connectivity index (χ1) is 12.7. The molecule has 3 rings (SSSR count). The van der Waals surface area contributed by atoms with Crippen LogP contribution < -0.4 is 0 Å². The van der Waals surface area contributed by atoms with E-state index in [1.807, 2.05) is 35.0 Å². The van der Waals surface area contributed by atoms with E-state index < -0.39 is 0 Å². The van der Waals surface area contributed by atoms with Crippen molar-refractivity contribution in [3.63, 3.8) is 0 Å². The summed E-state index contributed by atoms with van der Waals surface area (Å²) < 4.78 is 13.0. The van der Waals surface area contributed by atoms with Gasteiger partial charge in [0, 0.05) is 12.4 Å². The predicted molar refractivity (Wildman–Crippen MR) is 98.7 cm³/mol. The van der Waals surface area contributed by atoms with Crippen molar-refractivity contribution in [1.29, 1.82) is 0 Å². The van der Waals surface area contributed by atoms with E-state index in [0.717, 1.165) is 11.1 Å². The zero-order valence-electron chi connectivity index (χ0n) is 15.0. The largest absolute Gasteiger partial charge is 0.465 e. The summed E-state index contributed by atoms with van der Waals surface area (Å²) in [6.07, 6.45) is 5.39. The van der Waals surface area contributed by atoms with Crippen LogP contribution in [0.25, 0.3) is 0 Å². The van der Waals surface area contributed by atoms with Gasteiger partial charge < -0.3 is 14.0 Å². The summed E-state index contributed by atoms with van der Waals surface area (Å²) in [7, 11) is 1.38. The Morgan fingerprint density at radius 3 is 2.58 bits per heavy atom. The molecule has 0 aliphatic rings. The summed E-state index contributed by atoms with van der Waals surface area (Å²) in [6, 6.07) is 15.5. The highest BCUT2D eigenvalue weighted by molar-refractivity contribution is 5.89. The number of rotatable bonds is 7. The van der Waals surface area contributed by atoms with Gasteiger partial charge >= 0.3 is 5.97 Å². The topological polar surface area (TPSA) is 53.4 Å². The van der Waals surface area contributed by atoms with Gasteiger partial charge in [0.05, 0.1) is 32.2 Å². The smallest absolute Gasteiger partial charge is 0.337 e.